The summed E-state index contributed by atoms with van der Waals surface area (Å²) >= 11 is 0. The maximum absolute atomic E-state index is 12.6. The number of hydrogen-bond donors (Lipinski definition) is 1. The van der Waals surface area contributed by atoms with Gasteiger partial charge in [-0.15, -0.1) is 0 Å². The number of amides is 1. The van der Waals surface area contributed by atoms with Gasteiger partial charge in [0.05, 0.1) is 5.56 Å². The predicted molar refractivity (Wildman–Crippen MR) is 110 cm³/mol. The van der Waals surface area contributed by atoms with Gasteiger partial charge in [0.15, 0.2) is 0 Å². The largest absolute Gasteiger partial charge is 0.478 e. The summed E-state index contributed by atoms with van der Waals surface area (Å²) < 4.78 is 0. The Morgan fingerprint density at radius 1 is 1.18 bits per heavy atom. The van der Waals surface area contributed by atoms with Gasteiger partial charge in [-0.25, -0.2) is 4.79 Å². The number of aromatic carboxylic acids is 1. The Labute approximate surface area is 168 Å². The molecule has 0 unspecified atom stereocenters. The number of likely N-dealkylation sites (tertiary alicyclic amines) is 2. The van der Waals surface area contributed by atoms with Gasteiger partial charge < -0.3 is 19.8 Å². The molecule has 1 aromatic rings. The van der Waals surface area contributed by atoms with Gasteiger partial charge >= 0.3 is 5.97 Å². The lowest BCUT2D eigenvalue weighted by Crippen LogP contribution is -2.41. The van der Waals surface area contributed by atoms with Crippen LogP contribution < -0.4 is 0 Å². The third kappa shape index (κ3) is 5.55. The van der Waals surface area contributed by atoms with Crippen molar-refractivity contribution in [1.29, 1.82) is 0 Å². The van der Waals surface area contributed by atoms with Crippen molar-refractivity contribution in [1.82, 2.24) is 14.7 Å². The second kappa shape index (κ2) is 9.52. The molecule has 0 spiro atoms. The summed E-state index contributed by atoms with van der Waals surface area (Å²) in [4.78, 5) is 30.4. The lowest BCUT2D eigenvalue weighted by atomic mass is 9.89. The van der Waals surface area contributed by atoms with Crippen molar-refractivity contribution in [3.05, 3.63) is 35.4 Å². The summed E-state index contributed by atoms with van der Waals surface area (Å²) in [6.07, 6.45) is 4.66. The third-order valence-corrected chi connectivity index (χ3v) is 6.33. The minimum Gasteiger partial charge on any atom is -0.478 e. The molecule has 1 atom stereocenters. The number of benzene rings is 1. The molecule has 0 aromatic heterocycles. The fourth-order valence-corrected chi connectivity index (χ4v) is 4.44. The van der Waals surface area contributed by atoms with E-state index in [1.807, 2.05) is 17.0 Å². The van der Waals surface area contributed by atoms with Gasteiger partial charge in [-0.1, -0.05) is 12.1 Å². The molecule has 6 nitrogen and oxygen atoms in total. The molecule has 2 saturated heterocycles. The minimum absolute atomic E-state index is 0.268. The summed E-state index contributed by atoms with van der Waals surface area (Å²) in [5.74, 6) is -0.0918. The van der Waals surface area contributed by atoms with Gasteiger partial charge in [0, 0.05) is 38.6 Å². The van der Waals surface area contributed by atoms with E-state index in [1.54, 1.807) is 12.1 Å². The van der Waals surface area contributed by atoms with E-state index >= 15 is 0 Å². The van der Waals surface area contributed by atoms with Gasteiger partial charge in [-0.2, -0.15) is 0 Å². The van der Waals surface area contributed by atoms with Crippen molar-refractivity contribution in [3.63, 3.8) is 0 Å². The average molecular weight is 388 g/mol. The Morgan fingerprint density at radius 3 is 2.57 bits per heavy atom. The molecule has 28 heavy (non-hydrogen) atoms. The van der Waals surface area contributed by atoms with Crippen LogP contribution >= 0.6 is 0 Å². The molecule has 0 saturated carbocycles. The topological polar surface area (TPSA) is 64.1 Å². The number of piperidine rings is 1. The zero-order valence-electron chi connectivity index (χ0n) is 17.1. The quantitative estimate of drug-likeness (QED) is 0.777. The molecule has 6 heteroatoms. The molecule has 2 aliphatic heterocycles. The first-order valence-corrected chi connectivity index (χ1v) is 10.4. The highest BCUT2D eigenvalue weighted by Crippen LogP contribution is 2.23. The van der Waals surface area contributed by atoms with Crippen LogP contribution in [0, 0.1) is 5.92 Å². The van der Waals surface area contributed by atoms with Crippen molar-refractivity contribution in [2.75, 3.05) is 46.8 Å². The normalized spacial score (nSPS) is 21.4. The average Bonchev–Trinajstić information content (AvgIpc) is 3.13. The molecule has 154 valence electrons. The third-order valence-electron chi connectivity index (χ3n) is 6.33. The maximum atomic E-state index is 12.6. The first-order valence-electron chi connectivity index (χ1n) is 10.4. The lowest BCUT2D eigenvalue weighted by molar-refractivity contribution is -0.133. The van der Waals surface area contributed by atoms with Crippen LogP contribution in [-0.4, -0.2) is 84.5 Å². The van der Waals surface area contributed by atoms with Crippen LogP contribution in [0.5, 0.6) is 0 Å². The van der Waals surface area contributed by atoms with Gasteiger partial charge in [-0.3, -0.25) is 4.79 Å². The van der Waals surface area contributed by atoms with E-state index in [0.717, 1.165) is 57.5 Å². The number of nitrogens with zero attached hydrogens (tertiary/aromatic N) is 3. The summed E-state index contributed by atoms with van der Waals surface area (Å²) in [6.45, 7) is 4.71. The van der Waals surface area contributed by atoms with E-state index in [4.69, 9.17) is 5.11 Å². The smallest absolute Gasteiger partial charge is 0.335 e. The highest BCUT2D eigenvalue weighted by atomic mass is 16.4. The Hall–Kier alpha value is -1.92. The zero-order chi connectivity index (χ0) is 20.1. The molecule has 1 aromatic carbocycles. The van der Waals surface area contributed by atoms with Gasteiger partial charge in [0.1, 0.15) is 0 Å². The lowest BCUT2D eigenvalue weighted by Gasteiger charge is -2.33. The summed E-state index contributed by atoms with van der Waals surface area (Å²) in [6, 6.07) is 7.80. The van der Waals surface area contributed by atoms with Crippen LogP contribution in [0.2, 0.25) is 0 Å². The fourth-order valence-electron chi connectivity index (χ4n) is 4.44. The Kier molecular flexibility index (Phi) is 7.08. The number of hydrogen-bond acceptors (Lipinski definition) is 4. The van der Waals surface area contributed by atoms with E-state index in [9.17, 15) is 9.59 Å². The molecule has 2 aliphatic rings. The monoisotopic (exact) mass is 387 g/mol. The number of carboxylic acids is 1. The molecule has 1 amide bonds. The van der Waals surface area contributed by atoms with Gasteiger partial charge in [0.25, 0.3) is 0 Å². The number of carboxylic acid groups (broad SMARTS) is 1. The van der Waals surface area contributed by atoms with Crippen molar-refractivity contribution in [2.45, 2.75) is 38.1 Å². The molecule has 0 bridgehead atoms. The van der Waals surface area contributed by atoms with Gasteiger partial charge in [-0.05, 0) is 69.9 Å². The van der Waals surface area contributed by atoms with E-state index in [-0.39, 0.29) is 5.91 Å². The molecule has 0 radical (unpaired) electrons. The van der Waals surface area contributed by atoms with Crippen molar-refractivity contribution in [2.24, 2.45) is 5.92 Å². The molecular formula is C22H33N3O3. The summed E-state index contributed by atoms with van der Waals surface area (Å²) in [5.41, 5.74) is 1.43. The van der Waals surface area contributed by atoms with E-state index in [0.29, 0.717) is 23.9 Å². The Morgan fingerprint density at radius 2 is 1.93 bits per heavy atom. The standard InChI is InChI=1S/C22H33N3O3/c1-23-10-8-20(16-23)24(2)11-9-21(26)25-12-6-17(7-13-25)14-18-4-3-5-19(15-18)22(27)28/h3-5,15,17,20H,6-14,16H2,1-2H3,(H,27,28)/t20-/m1/s1. The summed E-state index contributed by atoms with van der Waals surface area (Å²) in [5, 5.41) is 9.13. The van der Waals surface area contributed by atoms with E-state index < -0.39 is 5.97 Å². The summed E-state index contributed by atoms with van der Waals surface area (Å²) in [7, 11) is 4.29. The molecule has 1 N–H and O–H groups in total. The molecular weight excluding hydrogens is 354 g/mol. The van der Waals surface area contributed by atoms with Crippen molar-refractivity contribution < 1.29 is 14.7 Å². The van der Waals surface area contributed by atoms with Crippen LogP contribution in [0.3, 0.4) is 0 Å². The van der Waals surface area contributed by atoms with E-state index in [2.05, 4.69) is 23.9 Å². The molecule has 0 aliphatic carbocycles. The van der Waals surface area contributed by atoms with Crippen LogP contribution in [0.1, 0.15) is 41.6 Å². The Balaban J connectivity index is 1.40. The number of carbonyl (C=O) groups excluding carboxylic acids is 1. The minimum atomic E-state index is -0.878. The van der Waals surface area contributed by atoms with Crippen LogP contribution in [0.4, 0.5) is 0 Å². The second-order valence-electron chi connectivity index (χ2n) is 8.47. The van der Waals surface area contributed by atoms with Gasteiger partial charge in [0.2, 0.25) is 5.91 Å². The fraction of sp³-hybridized carbons (Fsp3) is 0.636. The maximum Gasteiger partial charge on any atom is 0.335 e. The van der Waals surface area contributed by atoms with Crippen LogP contribution in [0.25, 0.3) is 0 Å². The highest BCUT2D eigenvalue weighted by molar-refractivity contribution is 5.87. The Bertz CT molecular complexity index is 685. The first-order chi connectivity index (χ1) is 13.4. The first kappa shape index (κ1) is 20.8. The van der Waals surface area contributed by atoms with Crippen LogP contribution in [0.15, 0.2) is 24.3 Å². The predicted octanol–water partition coefficient (Wildman–Crippen LogP) is 2.19. The number of likely N-dealkylation sites (N-methyl/N-ethyl adjacent to an activating group) is 2. The number of carbonyl (C=O) groups is 2. The molecule has 2 fully saturated rings. The number of rotatable bonds is 7. The van der Waals surface area contributed by atoms with Crippen LogP contribution in [-0.2, 0) is 11.2 Å². The zero-order valence-corrected chi connectivity index (χ0v) is 17.1. The van der Waals surface area contributed by atoms with Crippen molar-refractivity contribution in [3.8, 4) is 0 Å². The van der Waals surface area contributed by atoms with Crippen molar-refractivity contribution >= 4 is 11.9 Å². The van der Waals surface area contributed by atoms with E-state index in [1.165, 1.54) is 6.42 Å². The highest BCUT2D eigenvalue weighted by Gasteiger charge is 2.26. The second-order valence-corrected chi connectivity index (χ2v) is 8.47. The molecule has 2 heterocycles. The SMILES string of the molecule is CN1CC[C@@H](N(C)CCC(=O)N2CCC(Cc3cccc(C(=O)O)c3)CC2)C1. The molecule has 3 rings (SSSR count).